The predicted octanol–water partition coefficient (Wildman–Crippen LogP) is 4.40. The molecule has 0 aliphatic rings. The minimum absolute atomic E-state index is 0.273. The Morgan fingerprint density at radius 2 is 1.78 bits per heavy atom. The number of amides is 1. The largest absolute Gasteiger partial charge is 0.497 e. The Kier molecular flexibility index (Phi) is 5.56. The highest BCUT2D eigenvalue weighted by molar-refractivity contribution is 6.03. The van der Waals surface area contributed by atoms with Crippen LogP contribution in [0.5, 0.6) is 11.5 Å². The molecule has 0 spiro atoms. The SMILES string of the molecule is COc1ccc(OC)c(Nc2ccnc(C(=O)Nc3ccccc3C)c2)c1. The van der Waals surface area contributed by atoms with E-state index in [9.17, 15) is 4.79 Å². The van der Waals surface area contributed by atoms with Gasteiger partial charge in [-0.15, -0.1) is 0 Å². The molecular formula is C21H21N3O3. The summed E-state index contributed by atoms with van der Waals surface area (Å²) in [5.74, 6) is 1.09. The van der Waals surface area contributed by atoms with Crippen molar-refractivity contribution in [3.63, 3.8) is 0 Å². The molecule has 0 atom stereocenters. The second-order valence-electron chi connectivity index (χ2n) is 5.89. The molecule has 6 heteroatoms. The number of benzene rings is 2. The molecule has 0 aliphatic carbocycles. The van der Waals surface area contributed by atoms with Crippen molar-refractivity contribution in [2.75, 3.05) is 24.9 Å². The Bertz CT molecular complexity index is 957. The Balaban J connectivity index is 1.82. The first-order valence-electron chi connectivity index (χ1n) is 8.43. The fourth-order valence-electron chi connectivity index (χ4n) is 2.60. The van der Waals surface area contributed by atoms with E-state index in [-0.39, 0.29) is 5.91 Å². The van der Waals surface area contributed by atoms with Crippen molar-refractivity contribution in [1.29, 1.82) is 0 Å². The van der Waals surface area contributed by atoms with Crippen molar-refractivity contribution in [2.24, 2.45) is 0 Å². The molecule has 27 heavy (non-hydrogen) atoms. The molecule has 0 bridgehead atoms. The van der Waals surface area contributed by atoms with Crippen LogP contribution in [0.2, 0.25) is 0 Å². The van der Waals surface area contributed by atoms with Gasteiger partial charge in [0.25, 0.3) is 5.91 Å². The van der Waals surface area contributed by atoms with Gasteiger partial charge in [-0.1, -0.05) is 18.2 Å². The summed E-state index contributed by atoms with van der Waals surface area (Å²) >= 11 is 0. The monoisotopic (exact) mass is 363 g/mol. The standard InChI is InChI=1S/C21H21N3O3/c1-14-6-4-5-7-17(14)24-21(25)19-12-15(10-11-22-19)23-18-13-16(26-2)8-9-20(18)27-3/h4-13H,1-3H3,(H,22,23)(H,24,25). The Hall–Kier alpha value is -3.54. The van der Waals surface area contributed by atoms with Gasteiger partial charge in [-0.2, -0.15) is 0 Å². The van der Waals surface area contributed by atoms with Gasteiger partial charge in [0.15, 0.2) is 0 Å². The molecule has 3 aromatic rings. The first-order chi connectivity index (χ1) is 13.1. The molecule has 0 saturated carbocycles. The average Bonchev–Trinajstić information content (AvgIpc) is 2.70. The number of carbonyl (C=O) groups excluding carboxylic acids is 1. The fraction of sp³-hybridized carbons (Fsp3) is 0.143. The third kappa shape index (κ3) is 4.36. The van der Waals surface area contributed by atoms with Crippen LogP contribution in [0.4, 0.5) is 17.1 Å². The van der Waals surface area contributed by atoms with Crippen molar-refractivity contribution in [2.45, 2.75) is 6.92 Å². The summed E-state index contributed by atoms with van der Waals surface area (Å²) in [5, 5.41) is 6.13. The topological polar surface area (TPSA) is 72.5 Å². The highest BCUT2D eigenvalue weighted by atomic mass is 16.5. The van der Waals surface area contributed by atoms with Crippen LogP contribution in [0.15, 0.2) is 60.8 Å². The van der Waals surface area contributed by atoms with E-state index < -0.39 is 0 Å². The number of anilines is 3. The van der Waals surface area contributed by atoms with Gasteiger partial charge in [-0.25, -0.2) is 0 Å². The van der Waals surface area contributed by atoms with Crippen molar-refractivity contribution < 1.29 is 14.3 Å². The van der Waals surface area contributed by atoms with Crippen LogP contribution >= 0.6 is 0 Å². The molecule has 1 amide bonds. The maximum Gasteiger partial charge on any atom is 0.274 e. The van der Waals surface area contributed by atoms with Gasteiger partial charge in [0.1, 0.15) is 17.2 Å². The van der Waals surface area contributed by atoms with Crippen molar-refractivity contribution in [1.82, 2.24) is 4.98 Å². The number of aromatic nitrogens is 1. The number of nitrogens with zero attached hydrogens (tertiary/aromatic N) is 1. The van der Waals surface area contributed by atoms with Crippen molar-refractivity contribution in [3.05, 3.63) is 72.1 Å². The van der Waals surface area contributed by atoms with E-state index in [1.165, 1.54) is 0 Å². The van der Waals surface area contributed by atoms with Crippen LogP contribution in [0.1, 0.15) is 16.1 Å². The lowest BCUT2D eigenvalue weighted by atomic mass is 10.2. The van der Waals surface area contributed by atoms with Crippen LogP contribution in [0.3, 0.4) is 0 Å². The average molecular weight is 363 g/mol. The molecule has 2 N–H and O–H groups in total. The first kappa shape index (κ1) is 18.3. The lowest BCUT2D eigenvalue weighted by molar-refractivity contribution is 0.102. The summed E-state index contributed by atoms with van der Waals surface area (Å²) in [4.78, 5) is 16.7. The second-order valence-corrected chi connectivity index (χ2v) is 5.89. The molecule has 138 valence electrons. The van der Waals surface area contributed by atoms with Crippen LogP contribution in [0, 0.1) is 6.92 Å². The second kappa shape index (κ2) is 8.23. The highest BCUT2D eigenvalue weighted by Gasteiger charge is 2.11. The molecule has 0 aliphatic heterocycles. The number of para-hydroxylation sites is 1. The van der Waals surface area contributed by atoms with E-state index in [4.69, 9.17) is 9.47 Å². The lowest BCUT2D eigenvalue weighted by Crippen LogP contribution is -2.14. The zero-order valence-electron chi connectivity index (χ0n) is 15.4. The van der Waals surface area contributed by atoms with Gasteiger partial charge in [-0.05, 0) is 42.8 Å². The Morgan fingerprint density at radius 1 is 0.963 bits per heavy atom. The van der Waals surface area contributed by atoms with E-state index >= 15 is 0 Å². The minimum Gasteiger partial charge on any atom is -0.497 e. The number of rotatable bonds is 6. The number of hydrogen-bond donors (Lipinski definition) is 2. The maximum absolute atomic E-state index is 12.5. The predicted molar refractivity (Wildman–Crippen MR) is 106 cm³/mol. The van der Waals surface area contributed by atoms with Gasteiger partial charge < -0.3 is 20.1 Å². The number of ether oxygens (including phenoxy) is 2. The highest BCUT2D eigenvalue weighted by Crippen LogP contribution is 2.31. The number of nitrogens with one attached hydrogen (secondary N) is 2. The molecule has 6 nitrogen and oxygen atoms in total. The maximum atomic E-state index is 12.5. The van der Waals surface area contributed by atoms with Crippen LogP contribution < -0.4 is 20.1 Å². The smallest absolute Gasteiger partial charge is 0.274 e. The Morgan fingerprint density at radius 3 is 2.52 bits per heavy atom. The van der Waals surface area contributed by atoms with Gasteiger partial charge in [-0.3, -0.25) is 9.78 Å². The molecule has 3 rings (SSSR count). The number of pyridine rings is 1. The number of methoxy groups -OCH3 is 2. The van der Waals surface area contributed by atoms with E-state index in [1.54, 1.807) is 32.5 Å². The fourth-order valence-corrected chi connectivity index (χ4v) is 2.60. The molecule has 2 aromatic carbocycles. The van der Waals surface area contributed by atoms with Crippen LogP contribution in [0.25, 0.3) is 0 Å². The van der Waals surface area contributed by atoms with Gasteiger partial charge >= 0.3 is 0 Å². The molecule has 0 saturated heterocycles. The summed E-state index contributed by atoms with van der Waals surface area (Å²) in [6.07, 6.45) is 1.59. The molecule has 1 heterocycles. The summed E-state index contributed by atoms with van der Waals surface area (Å²) in [6.45, 7) is 1.94. The number of hydrogen-bond acceptors (Lipinski definition) is 5. The molecule has 0 radical (unpaired) electrons. The number of aryl methyl sites for hydroxylation is 1. The van der Waals surface area contributed by atoms with E-state index in [2.05, 4.69) is 15.6 Å². The van der Waals surface area contributed by atoms with Crippen LogP contribution in [-0.2, 0) is 0 Å². The van der Waals surface area contributed by atoms with E-state index in [1.807, 2.05) is 49.4 Å². The quantitative estimate of drug-likeness (QED) is 0.679. The zero-order chi connectivity index (χ0) is 19.2. The summed E-state index contributed by atoms with van der Waals surface area (Å²) in [7, 11) is 3.20. The zero-order valence-corrected chi connectivity index (χ0v) is 15.4. The van der Waals surface area contributed by atoms with Gasteiger partial charge in [0, 0.05) is 23.6 Å². The summed E-state index contributed by atoms with van der Waals surface area (Å²) in [5.41, 5.74) is 3.50. The molecule has 0 fully saturated rings. The normalized spacial score (nSPS) is 10.2. The molecule has 0 unspecified atom stereocenters. The van der Waals surface area contributed by atoms with E-state index in [0.717, 1.165) is 16.9 Å². The molecular weight excluding hydrogens is 342 g/mol. The summed E-state index contributed by atoms with van der Waals surface area (Å²) < 4.78 is 10.6. The summed E-state index contributed by atoms with van der Waals surface area (Å²) in [6, 6.07) is 16.5. The third-order valence-corrected chi connectivity index (χ3v) is 4.07. The Labute approximate surface area is 158 Å². The van der Waals surface area contributed by atoms with Gasteiger partial charge in [0.05, 0.1) is 19.9 Å². The van der Waals surface area contributed by atoms with Crippen LogP contribution in [-0.4, -0.2) is 25.1 Å². The van der Waals surface area contributed by atoms with Crippen molar-refractivity contribution >= 4 is 23.0 Å². The van der Waals surface area contributed by atoms with Gasteiger partial charge in [0.2, 0.25) is 0 Å². The molecule has 1 aromatic heterocycles. The third-order valence-electron chi connectivity index (χ3n) is 4.07. The van der Waals surface area contributed by atoms with E-state index in [0.29, 0.717) is 22.9 Å². The minimum atomic E-state index is -0.273. The first-order valence-corrected chi connectivity index (χ1v) is 8.43. The lowest BCUT2D eigenvalue weighted by Gasteiger charge is -2.13. The number of carbonyl (C=O) groups is 1. The van der Waals surface area contributed by atoms with Crippen molar-refractivity contribution in [3.8, 4) is 11.5 Å².